The zero-order valence-electron chi connectivity index (χ0n) is 15.6. The first-order chi connectivity index (χ1) is 12.5. The van der Waals surface area contributed by atoms with E-state index in [2.05, 4.69) is 35.6 Å². The normalized spacial score (nSPS) is 12.0. The molecular weight excluding hydrogens is 322 g/mol. The highest BCUT2D eigenvalue weighted by molar-refractivity contribution is 5.83. The van der Waals surface area contributed by atoms with Crippen LogP contribution in [0.3, 0.4) is 0 Å². The first kappa shape index (κ1) is 18.0. The van der Waals surface area contributed by atoms with Crippen molar-refractivity contribution in [3.63, 3.8) is 0 Å². The van der Waals surface area contributed by atoms with Gasteiger partial charge in [0.2, 0.25) is 0 Å². The van der Waals surface area contributed by atoms with Gasteiger partial charge in [0.15, 0.2) is 6.10 Å². The van der Waals surface area contributed by atoms with Crippen molar-refractivity contribution in [3.05, 3.63) is 77.4 Å². The lowest BCUT2D eigenvalue weighted by atomic mass is 10.1. The van der Waals surface area contributed by atoms with Gasteiger partial charge in [0, 0.05) is 6.54 Å². The van der Waals surface area contributed by atoms with Gasteiger partial charge >= 0.3 is 0 Å². The van der Waals surface area contributed by atoms with Crippen LogP contribution >= 0.6 is 0 Å². The standard InChI is InChI=1S/C23H25NO2/c1-4-22(26-21-12-16(2)11-17(3)13-21)23(25)24-15-18-9-10-19-7-5-6-8-20(19)14-18/h5-14,22H,4,15H2,1-3H3,(H,24,25). The van der Waals surface area contributed by atoms with Gasteiger partial charge in [0.25, 0.3) is 5.91 Å². The summed E-state index contributed by atoms with van der Waals surface area (Å²) in [5.74, 6) is 0.662. The van der Waals surface area contributed by atoms with Crippen molar-refractivity contribution in [2.24, 2.45) is 0 Å². The van der Waals surface area contributed by atoms with Gasteiger partial charge in [-0.15, -0.1) is 0 Å². The van der Waals surface area contributed by atoms with Crippen molar-refractivity contribution in [1.29, 1.82) is 0 Å². The Balaban J connectivity index is 1.64. The molecule has 1 unspecified atom stereocenters. The molecule has 0 aromatic heterocycles. The minimum atomic E-state index is -0.489. The van der Waals surface area contributed by atoms with Crippen LogP contribution in [0.15, 0.2) is 60.7 Å². The number of benzene rings is 3. The quantitative estimate of drug-likeness (QED) is 0.686. The van der Waals surface area contributed by atoms with Crippen molar-refractivity contribution in [2.75, 3.05) is 0 Å². The molecule has 1 amide bonds. The van der Waals surface area contributed by atoms with Gasteiger partial charge in [0.1, 0.15) is 5.75 Å². The topological polar surface area (TPSA) is 38.3 Å². The molecule has 3 heteroatoms. The molecule has 0 bridgehead atoms. The van der Waals surface area contributed by atoms with Crippen LogP contribution in [-0.4, -0.2) is 12.0 Å². The van der Waals surface area contributed by atoms with Crippen LogP contribution in [0.2, 0.25) is 0 Å². The summed E-state index contributed by atoms with van der Waals surface area (Å²) in [6.07, 6.45) is 0.132. The average molecular weight is 347 g/mol. The fourth-order valence-electron chi connectivity index (χ4n) is 3.14. The number of hydrogen-bond donors (Lipinski definition) is 1. The highest BCUT2D eigenvalue weighted by atomic mass is 16.5. The Morgan fingerprint density at radius 3 is 2.35 bits per heavy atom. The Bertz CT molecular complexity index is 897. The lowest BCUT2D eigenvalue weighted by molar-refractivity contribution is -0.128. The molecule has 0 fully saturated rings. The highest BCUT2D eigenvalue weighted by Gasteiger charge is 2.18. The zero-order chi connectivity index (χ0) is 18.5. The predicted molar refractivity (Wildman–Crippen MR) is 106 cm³/mol. The van der Waals surface area contributed by atoms with Gasteiger partial charge in [0.05, 0.1) is 0 Å². The molecule has 3 aromatic carbocycles. The minimum absolute atomic E-state index is 0.0835. The Morgan fingerprint density at radius 1 is 0.962 bits per heavy atom. The summed E-state index contributed by atoms with van der Waals surface area (Å²) in [5.41, 5.74) is 3.34. The molecule has 3 rings (SSSR count). The maximum atomic E-state index is 12.5. The molecule has 0 aliphatic heterocycles. The van der Waals surface area contributed by atoms with Gasteiger partial charge in [-0.25, -0.2) is 0 Å². The summed E-state index contributed by atoms with van der Waals surface area (Å²) in [5, 5.41) is 5.38. The molecular formula is C23H25NO2. The molecule has 134 valence electrons. The summed E-state index contributed by atoms with van der Waals surface area (Å²) >= 11 is 0. The molecule has 0 saturated heterocycles. The van der Waals surface area contributed by atoms with Crippen LogP contribution in [0.5, 0.6) is 5.75 Å². The van der Waals surface area contributed by atoms with E-state index in [-0.39, 0.29) is 5.91 Å². The third kappa shape index (κ3) is 4.42. The molecule has 0 spiro atoms. The molecule has 0 heterocycles. The molecule has 3 nitrogen and oxygen atoms in total. The minimum Gasteiger partial charge on any atom is -0.481 e. The van der Waals surface area contributed by atoms with E-state index in [1.807, 2.05) is 51.1 Å². The Labute approximate surface area is 155 Å². The van der Waals surface area contributed by atoms with E-state index in [9.17, 15) is 4.79 Å². The fourth-order valence-corrected chi connectivity index (χ4v) is 3.14. The highest BCUT2D eigenvalue weighted by Crippen LogP contribution is 2.19. The molecule has 0 radical (unpaired) electrons. The zero-order valence-corrected chi connectivity index (χ0v) is 15.6. The first-order valence-corrected chi connectivity index (χ1v) is 9.05. The van der Waals surface area contributed by atoms with Gasteiger partial charge in [-0.2, -0.15) is 0 Å². The number of nitrogens with one attached hydrogen (secondary N) is 1. The molecule has 0 saturated carbocycles. The second-order valence-electron chi connectivity index (χ2n) is 6.74. The van der Waals surface area contributed by atoms with E-state index in [4.69, 9.17) is 4.74 Å². The van der Waals surface area contributed by atoms with Crippen LogP contribution in [0.25, 0.3) is 10.8 Å². The number of aryl methyl sites for hydroxylation is 2. The summed E-state index contributed by atoms with van der Waals surface area (Å²) < 4.78 is 5.93. The lowest BCUT2D eigenvalue weighted by Gasteiger charge is -2.18. The maximum Gasteiger partial charge on any atom is 0.261 e. The van der Waals surface area contributed by atoms with Crippen molar-refractivity contribution >= 4 is 16.7 Å². The predicted octanol–water partition coefficient (Wildman–Crippen LogP) is 4.93. The molecule has 1 atom stereocenters. The van der Waals surface area contributed by atoms with Crippen LogP contribution in [0.4, 0.5) is 0 Å². The van der Waals surface area contributed by atoms with Gasteiger partial charge in [-0.3, -0.25) is 4.79 Å². The van der Waals surface area contributed by atoms with Crippen LogP contribution < -0.4 is 10.1 Å². The fraction of sp³-hybridized carbons (Fsp3) is 0.261. The number of fused-ring (bicyclic) bond motifs is 1. The Kier molecular flexibility index (Phi) is 5.57. The van der Waals surface area contributed by atoms with Crippen LogP contribution in [0, 0.1) is 13.8 Å². The maximum absolute atomic E-state index is 12.5. The van der Waals surface area contributed by atoms with E-state index >= 15 is 0 Å². The van der Waals surface area contributed by atoms with Crippen molar-refractivity contribution < 1.29 is 9.53 Å². The number of carbonyl (C=O) groups is 1. The molecule has 3 aromatic rings. The largest absolute Gasteiger partial charge is 0.481 e. The van der Waals surface area contributed by atoms with E-state index < -0.39 is 6.10 Å². The Hall–Kier alpha value is -2.81. The summed E-state index contributed by atoms with van der Waals surface area (Å²) in [6.45, 7) is 6.51. The number of ether oxygens (including phenoxy) is 1. The summed E-state index contributed by atoms with van der Waals surface area (Å²) in [4.78, 5) is 12.5. The molecule has 1 N–H and O–H groups in total. The second-order valence-corrected chi connectivity index (χ2v) is 6.74. The third-order valence-electron chi connectivity index (χ3n) is 4.42. The van der Waals surface area contributed by atoms with Crippen molar-refractivity contribution in [1.82, 2.24) is 5.32 Å². The monoisotopic (exact) mass is 347 g/mol. The van der Waals surface area contributed by atoms with E-state index in [1.165, 1.54) is 10.8 Å². The first-order valence-electron chi connectivity index (χ1n) is 9.05. The summed E-state index contributed by atoms with van der Waals surface area (Å²) in [7, 11) is 0. The van der Waals surface area contributed by atoms with Crippen LogP contribution in [-0.2, 0) is 11.3 Å². The number of hydrogen-bond acceptors (Lipinski definition) is 2. The summed E-state index contributed by atoms with van der Waals surface area (Å²) in [6, 6.07) is 20.5. The van der Waals surface area contributed by atoms with E-state index in [1.54, 1.807) is 0 Å². The molecule has 0 aliphatic carbocycles. The number of carbonyl (C=O) groups excluding carboxylic acids is 1. The molecule has 0 aliphatic rings. The van der Waals surface area contributed by atoms with Gasteiger partial charge < -0.3 is 10.1 Å². The van der Waals surface area contributed by atoms with Crippen LogP contribution in [0.1, 0.15) is 30.0 Å². The Morgan fingerprint density at radius 2 is 1.65 bits per heavy atom. The van der Waals surface area contributed by atoms with Gasteiger partial charge in [-0.1, -0.05) is 49.4 Å². The number of amides is 1. The van der Waals surface area contributed by atoms with Crippen molar-refractivity contribution in [2.45, 2.75) is 39.8 Å². The SMILES string of the molecule is CCC(Oc1cc(C)cc(C)c1)C(=O)NCc1ccc2ccccc2c1. The second kappa shape index (κ2) is 8.05. The third-order valence-corrected chi connectivity index (χ3v) is 4.42. The smallest absolute Gasteiger partial charge is 0.261 e. The molecule has 26 heavy (non-hydrogen) atoms. The average Bonchev–Trinajstić information content (AvgIpc) is 2.63. The number of rotatable bonds is 6. The van der Waals surface area contributed by atoms with E-state index in [0.717, 1.165) is 22.4 Å². The van der Waals surface area contributed by atoms with E-state index in [0.29, 0.717) is 13.0 Å². The lowest BCUT2D eigenvalue weighted by Crippen LogP contribution is -2.37. The van der Waals surface area contributed by atoms with Gasteiger partial charge in [-0.05, 0) is 65.9 Å². The van der Waals surface area contributed by atoms with Crippen molar-refractivity contribution in [3.8, 4) is 5.75 Å².